The van der Waals surface area contributed by atoms with Crippen LogP contribution in [0.5, 0.6) is 0 Å². The zero-order valence-corrected chi connectivity index (χ0v) is 12.9. The zero-order valence-electron chi connectivity index (χ0n) is 12.9. The molecule has 7 nitrogen and oxygen atoms in total. The minimum atomic E-state index is -1.11. The second kappa shape index (κ2) is 7.36. The molecule has 124 valence electrons. The van der Waals surface area contributed by atoms with Crippen LogP contribution in [-0.4, -0.2) is 21.9 Å². The summed E-state index contributed by atoms with van der Waals surface area (Å²) in [5.41, 5.74) is 1.39. The van der Waals surface area contributed by atoms with E-state index in [1.165, 1.54) is 18.2 Å². The monoisotopic (exact) mass is 328 g/mol. The van der Waals surface area contributed by atoms with E-state index < -0.39 is 22.8 Å². The maximum Gasteiger partial charge on any atom is 0.305 e. The van der Waals surface area contributed by atoms with E-state index >= 15 is 0 Å². The molecule has 24 heavy (non-hydrogen) atoms. The molecule has 0 aliphatic heterocycles. The minimum absolute atomic E-state index is 0.159. The fourth-order valence-corrected chi connectivity index (χ4v) is 2.35. The highest BCUT2D eigenvalue weighted by atomic mass is 16.6. The van der Waals surface area contributed by atoms with Crippen LogP contribution in [0.15, 0.2) is 48.5 Å². The van der Waals surface area contributed by atoms with Crippen LogP contribution in [0.25, 0.3) is 0 Å². The van der Waals surface area contributed by atoms with Gasteiger partial charge < -0.3 is 10.4 Å². The van der Waals surface area contributed by atoms with Crippen LogP contribution in [0.3, 0.4) is 0 Å². The summed E-state index contributed by atoms with van der Waals surface area (Å²) in [5, 5.41) is 22.6. The Hall–Kier alpha value is -3.22. The van der Waals surface area contributed by atoms with Crippen molar-refractivity contribution in [3.8, 4) is 0 Å². The molecule has 0 heterocycles. The lowest BCUT2D eigenvalue weighted by atomic mass is 10.0. The molecule has 0 spiro atoms. The van der Waals surface area contributed by atoms with Gasteiger partial charge in [-0.1, -0.05) is 30.3 Å². The first-order valence-electron chi connectivity index (χ1n) is 7.21. The largest absolute Gasteiger partial charge is 0.481 e. The van der Waals surface area contributed by atoms with Crippen LogP contribution in [0.1, 0.15) is 33.9 Å². The molecule has 0 saturated carbocycles. The number of rotatable bonds is 6. The Balaban J connectivity index is 2.30. The van der Waals surface area contributed by atoms with Gasteiger partial charge in [-0.05, 0) is 24.1 Å². The van der Waals surface area contributed by atoms with Gasteiger partial charge in [-0.2, -0.15) is 0 Å². The predicted molar refractivity (Wildman–Crippen MR) is 86.7 cm³/mol. The number of nitrogens with zero attached hydrogens (tertiary/aromatic N) is 1. The number of hydrogen-bond donors (Lipinski definition) is 2. The Morgan fingerprint density at radius 3 is 2.54 bits per heavy atom. The average molecular weight is 328 g/mol. The molecular weight excluding hydrogens is 312 g/mol. The van der Waals surface area contributed by atoms with Crippen molar-refractivity contribution in [1.29, 1.82) is 0 Å². The third kappa shape index (κ3) is 4.16. The average Bonchev–Trinajstić information content (AvgIpc) is 2.54. The van der Waals surface area contributed by atoms with Gasteiger partial charge in [-0.25, -0.2) is 0 Å². The van der Waals surface area contributed by atoms with Crippen molar-refractivity contribution in [3.05, 3.63) is 75.3 Å². The highest BCUT2D eigenvalue weighted by Gasteiger charge is 2.21. The first-order valence-corrected chi connectivity index (χ1v) is 7.21. The second-order valence-electron chi connectivity index (χ2n) is 5.29. The summed E-state index contributed by atoms with van der Waals surface area (Å²) < 4.78 is 0. The quantitative estimate of drug-likeness (QED) is 0.626. The standard InChI is InChI=1S/C17H16N2O5/c1-11-5-2-3-8-14(11)17(22)18-15(10-16(20)21)12-6-4-7-13(9-12)19(23)24/h2-9,15H,10H2,1H3,(H,18,22)(H,20,21). The van der Waals surface area contributed by atoms with Gasteiger partial charge in [-0.15, -0.1) is 0 Å². The summed E-state index contributed by atoms with van der Waals surface area (Å²) in [6, 6.07) is 11.6. The van der Waals surface area contributed by atoms with E-state index in [0.717, 1.165) is 5.56 Å². The van der Waals surface area contributed by atoms with Gasteiger partial charge in [0.05, 0.1) is 17.4 Å². The number of benzene rings is 2. The Labute approximate surface area is 138 Å². The highest BCUT2D eigenvalue weighted by Crippen LogP contribution is 2.22. The van der Waals surface area contributed by atoms with E-state index in [1.54, 1.807) is 37.3 Å². The molecule has 1 atom stereocenters. The van der Waals surface area contributed by atoms with Crippen LogP contribution < -0.4 is 5.32 Å². The van der Waals surface area contributed by atoms with E-state index in [2.05, 4.69) is 5.32 Å². The number of amides is 1. The van der Waals surface area contributed by atoms with Gasteiger partial charge in [-0.3, -0.25) is 19.7 Å². The van der Waals surface area contributed by atoms with Gasteiger partial charge in [0.25, 0.3) is 11.6 Å². The summed E-state index contributed by atoms with van der Waals surface area (Å²) in [6.07, 6.45) is -0.376. The zero-order chi connectivity index (χ0) is 17.7. The SMILES string of the molecule is Cc1ccccc1C(=O)NC(CC(=O)O)c1cccc([N+](=O)[O-])c1. The lowest BCUT2D eigenvalue weighted by Crippen LogP contribution is -2.30. The summed E-state index contributed by atoms with van der Waals surface area (Å²) in [5.74, 6) is -1.54. The number of carboxylic acid groups (broad SMARTS) is 1. The maximum atomic E-state index is 12.4. The molecule has 1 amide bonds. The lowest BCUT2D eigenvalue weighted by Gasteiger charge is -2.18. The minimum Gasteiger partial charge on any atom is -0.481 e. The Morgan fingerprint density at radius 1 is 1.21 bits per heavy atom. The number of nitrogens with one attached hydrogen (secondary N) is 1. The normalized spacial score (nSPS) is 11.5. The number of carbonyl (C=O) groups excluding carboxylic acids is 1. The first-order chi connectivity index (χ1) is 11.4. The Bertz CT molecular complexity index is 788. The van der Waals surface area contributed by atoms with Gasteiger partial charge in [0.15, 0.2) is 0 Å². The van der Waals surface area contributed by atoms with Crippen molar-refractivity contribution in [2.24, 2.45) is 0 Å². The fraction of sp³-hybridized carbons (Fsp3) is 0.176. The van der Waals surface area contributed by atoms with Gasteiger partial charge in [0.2, 0.25) is 0 Å². The molecule has 0 saturated heterocycles. The van der Waals surface area contributed by atoms with E-state index in [-0.39, 0.29) is 12.1 Å². The smallest absolute Gasteiger partial charge is 0.305 e. The summed E-state index contributed by atoms with van der Waals surface area (Å²) in [7, 11) is 0. The molecule has 7 heteroatoms. The number of carbonyl (C=O) groups is 2. The Morgan fingerprint density at radius 2 is 1.92 bits per heavy atom. The van der Waals surface area contributed by atoms with Gasteiger partial charge in [0.1, 0.15) is 0 Å². The Kier molecular flexibility index (Phi) is 5.26. The molecule has 2 N–H and O–H groups in total. The van der Waals surface area contributed by atoms with Crippen LogP contribution in [0.2, 0.25) is 0 Å². The van der Waals surface area contributed by atoms with E-state index in [4.69, 9.17) is 5.11 Å². The molecule has 2 aromatic rings. The van der Waals surface area contributed by atoms with Crippen LogP contribution in [0.4, 0.5) is 5.69 Å². The number of aliphatic carboxylic acids is 1. The van der Waals surface area contributed by atoms with Crippen molar-refractivity contribution in [2.75, 3.05) is 0 Å². The van der Waals surface area contributed by atoms with Gasteiger partial charge in [0, 0.05) is 17.7 Å². The summed E-state index contributed by atoms with van der Waals surface area (Å²) in [6.45, 7) is 1.77. The number of non-ortho nitro benzene ring substituents is 1. The molecule has 0 fully saturated rings. The number of nitro benzene ring substituents is 1. The number of carboxylic acids is 1. The first kappa shape index (κ1) is 17.1. The molecule has 0 aliphatic carbocycles. The fourth-order valence-electron chi connectivity index (χ4n) is 2.35. The number of aryl methyl sites for hydroxylation is 1. The molecule has 0 radical (unpaired) electrons. The maximum absolute atomic E-state index is 12.4. The van der Waals surface area contributed by atoms with E-state index in [9.17, 15) is 19.7 Å². The molecular formula is C17H16N2O5. The van der Waals surface area contributed by atoms with Crippen molar-refractivity contribution < 1.29 is 19.6 Å². The topological polar surface area (TPSA) is 110 Å². The lowest BCUT2D eigenvalue weighted by molar-refractivity contribution is -0.384. The molecule has 2 aromatic carbocycles. The van der Waals surface area contributed by atoms with Crippen LogP contribution >= 0.6 is 0 Å². The number of nitro groups is 1. The van der Waals surface area contributed by atoms with E-state index in [1.807, 2.05) is 0 Å². The van der Waals surface area contributed by atoms with Crippen molar-refractivity contribution >= 4 is 17.6 Å². The van der Waals surface area contributed by atoms with Crippen LogP contribution in [0, 0.1) is 17.0 Å². The summed E-state index contributed by atoms with van der Waals surface area (Å²) in [4.78, 5) is 33.8. The highest BCUT2D eigenvalue weighted by molar-refractivity contribution is 5.96. The number of hydrogen-bond acceptors (Lipinski definition) is 4. The molecule has 0 bridgehead atoms. The van der Waals surface area contributed by atoms with Crippen molar-refractivity contribution in [2.45, 2.75) is 19.4 Å². The van der Waals surface area contributed by atoms with Crippen molar-refractivity contribution in [3.63, 3.8) is 0 Å². The summed E-state index contributed by atoms with van der Waals surface area (Å²) >= 11 is 0. The van der Waals surface area contributed by atoms with Crippen LogP contribution in [-0.2, 0) is 4.79 Å². The van der Waals surface area contributed by atoms with E-state index in [0.29, 0.717) is 11.1 Å². The predicted octanol–water partition coefficient (Wildman–Crippen LogP) is 2.85. The second-order valence-corrected chi connectivity index (χ2v) is 5.29. The van der Waals surface area contributed by atoms with Gasteiger partial charge >= 0.3 is 5.97 Å². The third-order valence-corrected chi connectivity index (χ3v) is 3.56. The third-order valence-electron chi connectivity index (χ3n) is 3.56. The molecule has 1 unspecified atom stereocenters. The van der Waals surface area contributed by atoms with Crippen molar-refractivity contribution in [1.82, 2.24) is 5.32 Å². The molecule has 2 rings (SSSR count). The molecule has 0 aliphatic rings. The molecule has 0 aromatic heterocycles.